The predicted molar refractivity (Wildman–Crippen MR) is 102 cm³/mol. The molecule has 26 heavy (non-hydrogen) atoms. The lowest BCUT2D eigenvalue weighted by Crippen LogP contribution is -2.38. The first-order chi connectivity index (χ1) is 12.4. The molecule has 0 radical (unpaired) electrons. The number of hydrogen-bond donors (Lipinski definition) is 1. The van der Waals surface area contributed by atoms with Gasteiger partial charge in [-0.25, -0.2) is 4.79 Å². The van der Waals surface area contributed by atoms with Crippen LogP contribution in [0.1, 0.15) is 5.56 Å². The number of halogens is 1. The zero-order valence-electron chi connectivity index (χ0n) is 14.0. The molecule has 1 N–H and O–H groups in total. The number of nitrogens with zero attached hydrogens (tertiary/aromatic N) is 1. The third-order valence-corrected chi connectivity index (χ3v) is 5.01. The molecule has 0 saturated carbocycles. The summed E-state index contributed by atoms with van der Waals surface area (Å²) in [6.45, 7) is 1.58. The van der Waals surface area contributed by atoms with Crippen molar-refractivity contribution in [2.45, 2.75) is 6.92 Å². The minimum Gasteiger partial charge on any atom is -0.482 e. The van der Waals surface area contributed by atoms with E-state index in [1.165, 1.54) is 16.7 Å². The lowest BCUT2D eigenvalue weighted by atomic mass is 10.2. The predicted octanol–water partition coefficient (Wildman–Crippen LogP) is 1.55. The molecule has 1 heterocycles. The van der Waals surface area contributed by atoms with Crippen LogP contribution >= 0.6 is 35.6 Å². The van der Waals surface area contributed by atoms with Gasteiger partial charge in [-0.1, -0.05) is 35.6 Å². The average molecular weight is 417 g/mol. The van der Waals surface area contributed by atoms with Gasteiger partial charge in [0.2, 0.25) is 5.91 Å². The summed E-state index contributed by atoms with van der Waals surface area (Å²) < 4.78 is 10.7. The second kappa shape index (κ2) is 9.75. The van der Waals surface area contributed by atoms with Crippen molar-refractivity contribution in [1.29, 1.82) is 0 Å². The first kappa shape index (κ1) is 20.5. The maximum Gasteiger partial charge on any atom is 0.344 e. The highest BCUT2D eigenvalue weighted by molar-refractivity contribution is 8.23. The summed E-state index contributed by atoms with van der Waals surface area (Å²) in [4.78, 5) is 36.3. The van der Waals surface area contributed by atoms with Crippen molar-refractivity contribution in [1.82, 2.24) is 10.2 Å². The molecule has 0 atom stereocenters. The molecule has 1 aromatic carbocycles. The standard InChI is InChI=1S/C16H17ClN2O5S2/c1-10-6-11(17)2-3-12(10)23-8-15(22)24-7-13(20)18-4-5-19-14(21)9-26-16(19)25/h2-3,6H,4-5,7-9H2,1H3,(H,18,20). The van der Waals surface area contributed by atoms with Crippen LogP contribution < -0.4 is 10.1 Å². The molecular formula is C16H17ClN2O5S2. The fourth-order valence-electron chi connectivity index (χ4n) is 2.05. The van der Waals surface area contributed by atoms with E-state index in [1.807, 2.05) is 0 Å². The monoisotopic (exact) mass is 416 g/mol. The number of nitrogens with one attached hydrogen (secondary N) is 1. The smallest absolute Gasteiger partial charge is 0.344 e. The lowest BCUT2D eigenvalue weighted by molar-refractivity contribution is -0.150. The average Bonchev–Trinajstić information content (AvgIpc) is 2.91. The van der Waals surface area contributed by atoms with Crippen molar-refractivity contribution in [2.24, 2.45) is 0 Å². The Morgan fingerprint density at radius 1 is 1.38 bits per heavy atom. The molecular weight excluding hydrogens is 400 g/mol. The molecule has 0 bridgehead atoms. The number of esters is 1. The molecule has 7 nitrogen and oxygen atoms in total. The van der Waals surface area contributed by atoms with Crippen molar-refractivity contribution < 1.29 is 23.9 Å². The SMILES string of the molecule is Cc1cc(Cl)ccc1OCC(=O)OCC(=O)NCCN1C(=O)CSC1=S. The quantitative estimate of drug-likeness (QED) is 0.508. The maximum absolute atomic E-state index is 11.7. The topological polar surface area (TPSA) is 84.9 Å². The molecule has 1 aliphatic heterocycles. The van der Waals surface area contributed by atoms with Gasteiger partial charge < -0.3 is 14.8 Å². The second-order valence-electron chi connectivity index (χ2n) is 5.31. The van der Waals surface area contributed by atoms with Gasteiger partial charge in [0.05, 0.1) is 5.75 Å². The Balaban J connectivity index is 1.63. The Bertz CT molecular complexity index is 713. The van der Waals surface area contributed by atoms with E-state index >= 15 is 0 Å². The van der Waals surface area contributed by atoms with E-state index in [0.717, 1.165) is 5.56 Å². The molecule has 0 unspecified atom stereocenters. The number of aryl methyl sites for hydroxylation is 1. The van der Waals surface area contributed by atoms with Crippen molar-refractivity contribution in [3.63, 3.8) is 0 Å². The number of amides is 2. The van der Waals surface area contributed by atoms with Gasteiger partial charge in [-0.3, -0.25) is 14.5 Å². The van der Waals surface area contributed by atoms with Gasteiger partial charge in [0.15, 0.2) is 13.2 Å². The third kappa shape index (κ3) is 6.15. The van der Waals surface area contributed by atoms with Crippen molar-refractivity contribution in [3.05, 3.63) is 28.8 Å². The molecule has 10 heteroatoms. The number of benzene rings is 1. The largest absolute Gasteiger partial charge is 0.482 e. The van der Waals surface area contributed by atoms with Crippen LogP contribution in [0.15, 0.2) is 18.2 Å². The summed E-state index contributed by atoms with van der Waals surface area (Å²) >= 11 is 12.2. The molecule has 1 aromatic rings. The highest BCUT2D eigenvalue weighted by Gasteiger charge is 2.25. The van der Waals surface area contributed by atoms with Crippen molar-refractivity contribution in [3.8, 4) is 5.75 Å². The van der Waals surface area contributed by atoms with Crippen LogP contribution in [0.4, 0.5) is 0 Å². The van der Waals surface area contributed by atoms with Crippen LogP contribution in [0.2, 0.25) is 5.02 Å². The maximum atomic E-state index is 11.7. The van der Waals surface area contributed by atoms with Gasteiger partial charge >= 0.3 is 5.97 Å². The zero-order chi connectivity index (χ0) is 19.1. The number of hydrogen-bond acceptors (Lipinski definition) is 7. The molecule has 0 aliphatic carbocycles. The van der Waals surface area contributed by atoms with E-state index in [0.29, 0.717) is 27.4 Å². The zero-order valence-corrected chi connectivity index (χ0v) is 16.3. The van der Waals surface area contributed by atoms with Crippen LogP contribution in [0, 0.1) is 6.92 Å². The van der Waals surface area contributed by atoms with E-state index < -0.39 is 18.5 Å². The fourth-order valence-corrected chi connectivity index (χ4v) is 3.40. The lowest BCUT2D eigenvalue weighted by Gasteiger charge is -2.15. The highest BCUT2D eigenvalue weighted by Crippen LogP contribution is 2.21. The Labute approximate surface area is 165 Å². The van der Waals surface area contributed by atoms with Gasteiger partial charge in [0.1, 0.15) is 10.1 Å². The summed E-state index contributed by atoms with van der Waals surface area (Å²) in [7, 11) is 0. The number of ether oxygens (including phenoxy) is 2. The normalized spacial score (nSPS) is 13.7. The van der Waals surface area contributed by atoms with Gasteiger partial charge in [-0.2, -0.15) is 0 Å². The van der Waals surface area contributed by atoms with Gasteiger partial charge in [0, 0.05) is 18.1 Å². The first-order valence-electron chi connectivity index (χ1n) is 7.65. The number of thiocarbonyl (C=S) groups is 1. The molecule has 0 aromatic heterocycles. The van der Waals surface area contributed by atoms with E-state index in [-0.39, 0.29) is 19.1 Å². The third-order valence-electron chi connectivity index (χ3n) is 3.34. The minimum absolute atomic E-state index is 0.0738. The van der Waals surface area contributed by atoms with Crippen LogP contribution in [-0.4, -0.2) is 59.1 Å². The Hall–Kier alpha value is -1.84. The fraction of sp³-hybridized carbons (Fsp3) is 0.375. The Morgan fingerprint density at radius 2 is 2.15 bits per heavy atom. The summed E-state index contributed by atoms with van der Waals surface area (Å²) in [5.74, 6) is -0.361. The second-order valence-corrected chi connectivity index (χ2v) is 7.35. The van der Waals surface area contributed by atoms with E-state index in [2.05, 4.69) is 5.32 Å². The molecule has 0 spiro atoms. The van der Waals surface area contributed by atoms with Crippen LogP contribution in [0.3, 0.4) is 0 Å². The number of rotatable bonds is 8. The number of carbonyl (C=O) groups is 3. The minimum atomic E-state index is -0.665. The highest BCUT2D eigenvalue weighted by atomic mass is 35.5. The molecule has 2 rings (SSSR count). The molecule has 1 fully saturated rings. The van der Waals surface area contributed by atoms with Crippen molar-refractivity contribution >= 4 is 57.7 Å². The van der Waals surface area contributed by atoms with Crippen LogP contribution in [-0.2, 0) is 19.1 Å². The summed E-state index contributed by atoms with van der Waals surface area (Å²) in [6, 6.07) is 5.02. The van der Waals surface area contributed by atoms with Gasteiger partial charge in [-0.05, 0) is 30.7 Å². The van der Waals surface area contributed by atoms with Crippen LogP contribution in [0.5, 0.6) is 5.75 Å². The van der Waals surface area contributed by atoms with Gasteiger partial charge in [-0.15, -0.1) is 0 Å². The number of carbonyl (C=O) groups excluding carboxylic acids is 3. The van der Waals surface area contributed by atoms with Gasteiger partial charge in [0.25, 0.3) is 5.91 Å². The number of thioether (sulfide) groups is 1. The van der Waals surface area contributed by atoms with E-state index in [4.69, 9.17) is 33.3 Å². The summed E-state index contributed by atoms with van der Waals surface area (Å²) in [5, 5.41) is 3.13. The molecule has 1 aliphatic rings. The van der Waals surface area contributed by atoms with Crippen molar-refractivity contribution in [2.75, 3.05) is 32.1 Å². The molecule has 2 amide bonds. The van der Waals surface area contributed by atoms with Crippen LogP contribution in [0.25, 0.3) is 0 Å². The summed E-state index contributed by atoms with van der Waals surface area (Å²) in [6.07, 6.45) is 0. The van der Waals surface area contributed by atoms with E-state index in [1.54, 1.807) is 25.1 Å². The Morgan fingerprint density at radius 3 is 2.81 bits per heavy atom. The summed E-state index contributed by atoms with van der Waals surface area (Å²) in [5.41, 5.74) is 0.788. The Kier molecular flexibility index (Phi) is 7.67. The first-order valence-corrected chi connectivity index (χ1v) is 9.42. The molecule has 140 valence electrons. The van der Waals surface area contributed by atoms with E-state index in [9.17, 15) is 14.4 Å². The molecule has 1 saturated heterocycles.